The Morgan fingerprint density at radius 2 is 2.04 bits per heavy atom. The first-order chi connectivity index (χ1) is 11.8. The summed E-state index contributed by atoms with van der Waals surface area (Å²) in [6, 6.07) is 6.65. The number of hydrogen-bond donors (Lipinski definition) is 0. The van der Waals surface area contributed by atoms with Gasteiger partial charge in [-0.3, -0.25) is 4.79 Å². The zero-order chi connectivity index (χ0) is 18.0. The first kappa shape index (κ1) is 17.3. The Morgan fingerprint density at radius 3 is 2.64 bits per heavy atom. The molecule has 0 aliphatic carbocycles. The van der Waals surface area contributed by atoms with Gasteiger partial charge in [0, 0.05) is 12.1 Å². The normalized spacial score (nSPS) is 18.4. The van der Waals surface area contributed by atoms with Crippen molar-refractivity contribution in [1.29, 1.82) is 0 Å². The van der Waals surface area contributed by atoms with Gasteiger partial charge in [-0.2, -0.15) is 13.2 Å². The van der Waals surface area contributed by atoms with E-state index in [1.807, 2.05) is 0 Å². The molecule has 10 heteroatoms. The van der Waals surface area contributed by atoms with Crippen LogP contribution < -0.4 is 0 Å². The number of halogens is 3. The molecule has 0 unspecified atom stereocenters. The minimum absolute atomic E-state index is 0.132. The zero-order valence-electron chi connectivity index (χ0n) is 13.4. The van der Waals surface area contributed by atoms with Crippen LogP contribution in [-0.2, 0) is 11.3 Å². The van der Waals surface area contributed by atoms with Crippen LogP contribution in [0.2, 0.25) is 0 Å². The Hall–Kier alpha value is -2.49. The van der Waals surface area contributed by atoms with Crippen LogP contribution in [0.4, 0.5) is 13.2 Å². The summed E-state index contributed by atoms with van der Waals surface area (Å²) < 4.78 is 44.6. The molecule has 1 aromatic carbocycles. The van der Waals surface area contributed by atoms with Gasteiger partial charge in [-0.15, -0.1) is 5.10 Å². The predicted octanol–water partition coefficient (Wildman–Crippen LogP) is 1.43. The van der Waals surface area contributed by atoms with E-state index in [1.165, 1.54) is 4.90 Å². The number of tetrazole rings is 1. The van der Waals surface area contributed by atoms with Crippen molar-refractivity contribution < 1.29 is 22.7 Å². The van der Waals surface area contributed by atoms with Crippen LogP contribution in [0.1, 0.15) is 21.7 Å². The van der Waals surface area contributed by atoms with E-state index in [9.17, 15) is 18.0 Å². The molecule has 3 rings (SSSR count). The van der Waals surface area contributed by atoms with Gasteiger partial charge in [-0.1, -0.05) is 12.1 Å². The summed E-state index contributed by atoms with van der Waals surface area (Å²) >= 11 is 0. The summed E-state index contributed by atoms with van der Waals surface area (Å²) in [6.07, 6.45) is -6.42. The van der Waals surface area contributed by atoms with E-state index in [0.29, 0.717) is 17.9 Å². The predicted molar refractivity (Wildman–Crippen MR) is 79.8 cm³/mol. The van der Waals surface area contributed by atoms with Gasteiger partial charge >= 0.3 is 6.18 Å². The van der Waals surface area contributed by atoms with Gasteiger partial charge in [0.2, 0.25) is 0 Å². The molecule has 7 nitrogen and oxygen atoms in total. The second kappa shape index (κ2) is 6.79. The minimum atomic E-state index is -4.48. The third kappa shape index (κ3) is 3.95. The van der Waals surface area contributed by atoms with Crippen LogP contribution in [0, 0.1) is 6.92 Å². The number of ether oxygens (including phenoxy) is 1. The molecular weight excluding hydrogens is 339 g/mol. The van der Waals surface area contributed by atoms with E-state index >= 15 is 0 Å². The third-order valence-corrected chi connectivity index (χ3v) is 3.96. The maximum atomic E-state index is 12.8. The molecule has 1 fully saturated rings. The molecule has 0 radical (unpaired) electrons. The SMILES string of the molecule is Cc1nnnn1Cc1ccc(C(=O)N2CCO[C@@H](C(F)(F)F)C2)cc1. The Labute approximate surface area is 141 Å². The molecule has 1 amide bonds. The Morgan fingerprint density at radius 1 is 1.32 bits per heavy atom. The highest BCUT2D eigenvalue weighted by molar-refractivity contribution is 5.94. The lowest BCUT2D eigenvalue weighted by molar-refractivity contribution is -0.233. The largest absolute Gasteiger partial charge is 0.416 e. The molecule has 2 heterocycles. The quantitative estimate of drug-likeness (QED) is 0.833. The molecule has 0 spiro atoms. The monoisotopic (exact) mass is 355 g/mol. The lowest BCUT2D eigenvalue weighted by Gasteiger charge is -2.33. The maximum Gasteiger partial charge on any atom is 0.416 e. The van der Waals surface area contributed by atoms with Crippen molar-refractivity contribution in [3.8, 4) is 0 Å². The molecule has 25 heavy (non-hydrogen) atoms. The zero-order valence-corrected chi connectivity index (χ0v) is 13.4. The average molecular weight is 355 g/mol. The topological polar surface area (TPSA) is 73.1 Å². The molecule has 1 aliphatic heterocycles. The summed E-state index contributed by atoms with van der Waals surface area (Å²) in [4.78, 5) is 13.6. The Kier molecular flexibility index (Phi) is 4.71. The summed E-state index contributed by atoms with van der Waals surface area (Å²) in [5.74, 6) is 0.217. The van der Waals surface area contributed by atoms with Gasteiger partial charge in [-0.25, -0.2) is 4.68 Å². The number of morpholine rings is 1. The number of aromatic nitrogens is 4. The van der Waals surface area contributed by atoms with Crippen molar-refractivity contribution in [3.63, 3.8) is 0 Å². The minimum Gasteiger partial charge on any atom is -0.365 e. The summed E-state index contributed by atoms with van der Waals surface area (Å²) in [7, 11) is 0. The second-order valence-electron chi connectivity index (χ2n) is 5.73. The van der Waals surface area contributed by atoms with Crippen molar-refractivity contribution in [3.05, 3.63) is 41.2 Å². The third-order valence-electron chi connectivity index (χ3n) is 3.96. The van der Waals surface area contributed by atoms with Gasteiger partial charge < -0.3 is 9.64 Å². The van der Waals surface area contributed by atoms with Crippen molar-refractivity contribution in [2.75, 3.05) is 19.7 Å². The van der Waals surface area contributed by atoms with Gasteiger partial charge in [0.05, 0.1) is 19.7 Å². The first-order valence-corrected chi connectivity index (χ1v) is 7.64. The number of carbonyl (C=O) groups is 1. The molecule has 1 aromatic heterocycles. The fraction of sp³-hybridized carbons (Fsp3) is 0.467. The van der Waals surface area contributed by atoms with E-state index in [1.54, 1.807) is 35.9 Å². The smallest absolute Gasteiger partial charge is 0.365 e. The second-order valence-corrected chi connectivity index (χ2v) is 5.73. The number of hydrogen-bond acceptors (Lipinski definition) is 5. The van der Waals surface area contributed by atoms with Crippen LogP contribution in [0.25, 0.3) is 0 Å². The highest BCUT2D eigenvalue weighted by atomic mass is 19.4. The van der Waals surface area contributed by atoms with Gasteiger partial charge in [0.25, 0.3) is 5.91 Å². The lowest BCUT2D eigenvalue weighted by atomic mass is 10.1. The fourth-order valence-electron chi connectivity index (χ4n) is 2.54. The summed E-state index contributed by atoms with van der Waals surface area (Å²) in [5, 5.41) is 11.2. The number of benzene rings is 1. The van der Waals surface area contributed by atoms with Crippen molar-refractivity contribution in [1.82, 2.24) is 25.1 Å². The number of nitrogens with zero attached hydrogens (tertiary/aromatic N) is 5. The van der Waals surface area contributed by atoms with Crippen LogP contribution in [0.5, 0.6) is 0 Å². The van der Waals surface area contributed by atoms with E-state index in [4.69, 9.17) is 4.74 Å². The maximum absolute atomic E-state index is 12.8. The Balaban J connectivity index is 1.67. The van der Waals surface area contributed by atoms with E-state index in [-0.39, 0.29) is 13.2 Å². The first-order valence-electron chi connectivity index (χ1n) is 7.64. The number of amides is 1. The molecule has 134 valence electrons. The van der Waals surface area contributed by atoms with Crippen LogP contribution in [0.15, 0.2) is 24.3 Å². The van der Waals surface area contributed by atoms with Crippen molar-refractivity contribution in [2.45, 2.75) is 25.7 Å². The molecule has 0 bridgehead atoms. The average Bonchev–Trinajstić information content (AvgIpc) is 2.99. The summed E-state index contributed by atoms with van der Waals surface area (Å²) in [5.41, 5.74) is 1.21. The van der Waals surface area contributed by atoms with E-state index < -0.39 is 24.7 Å². The highest BCUT2D eigenvalue weighted by Gasteiger charge is 2.44. The van der Waals surface area contributed by atoms with Crippen LogP contribution >= 0.6 is 0 Å². The van der Waals surface area contributed by atoms with Gasteiger partial charge in [-0.05, 0) is 35.0 Å². The molecule has 1 saturated heterocycles. The van der Waals surface area contributed by atoms with Gasteiger partial charge in [0.15, 0.2) is 6.10 Å². The van der Waals surface area contributed by atoms with Crippen LogP contribution in [-0.4, -0.2) is 63.0 Å². The summed E-state index contributed by atoms with van der Waals surface area (Å²) in [6.45, 7) is 1.73. The highest BCUT2D eigenvalue weighted by Crippen LogP contribution is 2.26. The number of alkyl halides is 3. The molecule has 0 saturated carbocycles. The molecule has 0 N–H and O–H groups in total. The Bertz CT molecular complexity index is 744. The van der Waals surface area contributed by atoms with Crippen molar-refractivity contribution >= 4 is 5.91 Å². The van der Waals surface area contributed by atoms with Crippen LogP contribution in [0.3, 0.4) is 0 Å². The molecule has 1 aliphatic rings. The molecule has 2 aromatic rings. The van der Waals surface area contributed by atoms with Gasteiger partial charge in [0.1, 0.15) is 5.82 Å². The molecular formula is C15H16F3N5O2. The fourth-order valence-corrected chi connectivity index (χ4v) is 2.54. The van der Waals surface area contributed by atoms with Crippen molar-refractivity contribution in [2.24, 2.45) is 0 Å². The lowest BCUT2D eigenvalue weighted by Crippen LogP contribution is -2.51. The standard InChI is InChI=1S/C15H16F3N5O2/c1-10-19-20-21-23(10)8-11-2-4-12(5-3-11)14(24)22-6-7-25-13(9-22)15(16,17)18/h2-5,13H,6-9H2,1H3/t13-/m1/s1. The van der Waals surface area contributed by atoms with E-state index in [0.717, 1.165) is 5.56 Å². The number of aryl methyl sites for hydroxylation is 1. The molecule has 1 atom stereocenters. The number of rotatable bonds is 3. The van der Waals surface area contributed by atoms with E-state index in [2.05, 4.69) is 15.5 Å². The number of carbonyl (C=O) groups excluding carboxylic acids is 1.